The van der Waals surface area contributed by atoms with E-state index >= 15 is 0 Å². The lowest BCUT2D eigenvalue weighted by Crippen LogP contribution is -2.25. The fourth-order valence-corrected chi connectivity index (χ4v) is 3.58. The van der Waals surface area contributed by atoms with Crippen molar-refractivity contribution < 1.29 is 24.1 Å². The zero-order valence-corrected chi connectivity index (χ0v) is 18.1. The van der Waals surface area contributed by atoms with Crippen molar-refractivity contribution in [2.45, 2.75) is 46.0 Å². The van der Waals surface area contributed by atoms with Crippen LogP contribution in [-0.4, -0.2) is 49.8 Å². The van der Waals surface area contributed by atoms with Gasteiger partial charge in [0.15, 0.2) is 0 Å². The van der Waals surface area contributed by atoms with Gasteiger partial charge in [-0.15, -0.1) is 0 Å². The van der Waals surface area contributed by atoms with E-state index < -0.39 is 0 Å². The van der Waals surface area contributed by atoms with Crippen molar-refractivity contribution in [1.82, 2.24) is 0 Å². The third-order valence-electron chi connectivity index (χ3n) is 5.40. The van der Waals surface area contributed by atoms with Crippen LogP contribution in [0.3, 0.4) is 0 Å². The predicted molar refractivity (Wildman–Crippen MR) is 119 cm³/mol. The molecule has 30 heavy (non-hydrogen) atoms. The Morgan fingerprint density at radius 3 is 2.23 bits per heavy atom. The van der Waals surface area contributed by atoms with Gasteiger partial charge in [-0.3, -0.25) is 0 Å². The van der Waals surface area contributed by atoms with Gasteiger partial charge in [0.1, 0.15) is 24.2 Å². The van der Waals surface area contributed by atoms with Crippen LogP contribution in [0.4, 0.5) is 0 Å². The Morgan fingerprint density at radius 1 is 0.900 bits per heavy atom. The highest BCUT2D eigenvalue weighted by molar-refractivity contribution is 6.11. The maximum atomic E-state index is 10.9. The third-order valence-corrected chi connectivity index (χ3v) is 5.40. The van der Waals surface area contributed by atoms with Crippen LogP contribution < -0.4 is 4.74 Å². The first-order valence-corrected chi connectivity index (χ1v) is 10.6. The summed E-state index contributed by atoms with van der Waals surface area (Å²) >= 11 is 0. The molecule has 0 spiro atoms. The Balaban J connectivity index is 1.52. The Morgan fingerprint density at radius 2 is 1.53 bits per heavy atom. The van der Waals surface area contributed by atoms with E-state index in [1.54, 1.807) is 0 Å². The Kier molecular flexibility index (Phi) is 6.14. The molecule has 0 saturated carbocycles. The number of epoxide rings is 1. The molecule has 0 amide bonds. The average molecular weight is 411 g/mol. The largest absolute Gasteiger partial charge is 0.507 e. The number of phenolic OH excluding ortho intramolecular Hbond substituents is 1. The molecule has 1 aliphatic heterocycles. The number of hydrogen-bond donors (Lipinski definition) is 1. The van der Waals surface area contributed by atoms with Gasteiger partial charge in [0.05, 0.1) is 32.0 Å². The van der Waals surface area contributed by atoms with Crippen molar-refractivity contribution >= 4 is 21.5 Å². The highest BCUT2D eigenvalue weighted by atomic mass is 16.6. The first-order chi connectivity index (χ1) is 14.4. The van der Waals surface area contributed by atoms with E-state index in [4.69, 9.17) is 18.9 Å². The highest BCUT2D eigenvalue weighted by Gasteiger charge is 2.23. The van der Waals surface area contributed by atoms with E-state index in [2.05, 4.69) is 6.07 Å². The van der Waals surface area contributed by atoms with E-state index in [0.29, 0.717) is 25.6 Å². The summed E-state index contributed by atoms with van der Waals surface area (Å²) in [6.07, 6.45) is 0.177. The van der Waals surface area contributed by atoms with Gasteiger partial charge in [-0.05, 0) is 39.8 Å². The van der Waals surface area contributed by atoms with Crippen LogP contribution in [0.5, 0.6) is 11.5 Å². The first kappa shape index (κ1) is 20.9. The SMILES string of the molecule is Cc1ccc2c(OCC(C)OCC(C)OCC3CO3)c3cc(C)ccc3c(O)c2c1. The standard InChI is InChI=1S/C25H30O5/c1-15-6-8-21-22(9-15)24(26)20-7-5-16(2)10-23(20)25(21)30-12-18(4)27-11-17(3)28-13-19-14-29-19/h5-10,17-19,26H,11-14H2,1-4H3. The van der Waals surface area contributed by atoms with Crippen LogP contribution >= 0.6 is 0 Å². The molecule has 1 N–H and O–H groups in total. The Labute approximate surface area is 177 Å². The van der Waals surface area contributed by atoms with Crippen LogP contribution in [0.25, 0.3) is 21.5 Å². The molecule has 1 saturated heterocycles. The van der Waals surface area contributed by atoms with Gasteiger partial charge in [0, 0.05) is 21.5 Å². The number of ether oxygens (including phenoxy) is 4. The van der Waals surface area contributed by atoms with Crippen molar-refractivity contribution in [3.05, 3.63) is 47.5 Å². The lowest BCUT2D eigenvalue weighted by Gasteiger charge is -2.20. The summed E-state index contributed by atoms with van der Waals surface area (Å²) in [6, 6.07) is 12.1. The summed E-state index contributed by atoms with van der Waals surface area (Å²) in [5.74, 6) is 1.08. The third kappa shape index (κ3) is 4.69. The summed E-state index contributed by atoms with van der Waals surface area (Å²) in [4.78, 5) is 0. The smallest absolute Gasteiger partial charge is 0.135 e. The van der Waals surface area contributed by atoms with Crippen LogP contribution in [0.15, 0.2) is 36.4 Å². The summed E-state index contributed by atoms with van der Waals surface area (Å²) in [5.41, 5.74) is 2.21. The molecular formula is C25H30O5. The van der Waals surface area contributed by atoms with E-state index in [0.717, 1.165) is 45.0 Å². The maximum Gasteiger partial charge on any atom is 0.135 e. The zero-order valence-electron chi connectivity index (χ0n) is 18.1. The van der Waals surface area contributed by atoms with Gasteiger partial charge >= 0.3 is 0 Å². The van der Waals surface area contributed by atoms with E-state index in [-0.39, 0.29) is 18.3 Å². The molecule has 3 aromatic carbocycles. The lowest BCUT2D eigenvalue weighted by molar-refractivity contribution is -0.0449. The minimum Gasteiger partial charge on any atom is -0.507 e. The van der Waals surface area contributed by atoms with Crippen LogP contribution in [-0.2, 0) is 14.2 Å². The molecule has 0 aliphatic carbocycles. The summed E-state index contributed by atoms with van der Waals surface area (Å²) in [6.45, 7) is 10.4. The number of rotatable bonds is 9. The monoisotopic (exact) mass is 410 g/mol. The van der Waals surface area contributed by atoms with Crippen molar-refractivity contribution in [1.29, 1.82) is 0 Å². The van der Waals surface area contributed by atoms with Crippen molar-refractivity contribution in [3.8, 4) is 11.5 Å². The molecule has 3 atom stereocenters. The molecule has 3 unspecified atom stereocenters. The second-order valence-corrected chi connectivity index (χ2v) is 8.33. The minimum absolute atomic E-state index is 0.0117. The maximum absolute atomic E-state index is 10.9. The molecule has 3 aromatic rings. The van der Waals surface area contributed by atoms with E-state index in [1.165, 1.54) is 0 Å². The fraction of sp³-hybridized carbons (Fsp3) is 0.440. The molecule has 1 heterocycles. The molecule has 0 bridgehead atoms. The number of aromatic hydroxyl groups is 1. The number of phenols is 1. The molecule has 0 aromatic heterocycles. The molecule has 160 valence electrons. The molecule has 5 heteroatoms. The second-order valence-electron chi connectivity index (χ2n) is 8.33. The van der Waals surface area contributed by atoms with Gasteiger partial charge in [-0.25, -0.2) is 0 Å². The van der Waals surface area contributed by atoms with Crippen molar-refractivity contribution in [2.24, 2.45) is 0 Å². The summed E-state index contributed by atoms with van der Waals surface area (Å²) < 4.78 is 23.1. The summed E-state index contributed by atoms with van der Waals surface area (Å²) in [7, 11) is 0. The van der Waals surface area contributed by atoms with Crippen molar-refractivity contribution in [2.75, 3.05) is 26.4 Å². The number of benzene rings is 3. The van der Waals surface area contributed by atoms with E-state index in [9.17, 15) is 5.11 Å². The van der Waals surface area contributed by atoms with E-state index in [1.807, 2.05) is 58.0 Å². The molecule has 1 fully saturated rings. The second kappa shape index (κ2) is 8.80. The van der Waals surface area contributed by atoms with Crippen LogP contribution in [0.1, 0.15) is 25.0 Å². The normalized spacial score (nSPS) is 17.9. The minimum atomic E-state index is -0.0950. The quantitative estimate of drug-likeness (QED) is 0.401. The molecule has 4 rings (SSSR count). The van der Waals surface area contributed by atoms with Gasteiger partial charge in [0.25, 0.3) is 0 Å². The van der Waals surface area contributed by atoms with Crippen molar-refractivity contribution in [3.63, 3.8) is 0 Å². The van der Waals surface area contributed by atoms with Gasteiger partial charge in [-0.2, -0.15) is 0 Å². The molecule has 1 aliphatic rings. The Bertz CT molecular complexity index is 1040. The molecule has 0 radical (unpaired) electrons. The van der Waals surface area contributed by atoms with Gasteiger partial charge in [0.2, 0.25) is 0 Å². The summed E-state index contributed by atoms with van der Waals surface area (Å²) in [5, 5.41) is 14.3. The van der Waals surface area contributed by atoms with Gasteiger partial charge < -0.3 is 24.1 Å². The number of aryl methyl sites for hydroxylation is 2. The number of hydrogen-bond acceptors (Lipinski definition) is 5. The predicted octanol–water partition coefficient (Wildman–Crippen LogP) is 4.90. The molecule has 5 nitrogen and oxygen atoms in total. The van der Waals surface area contributed by atoms with Gasteiger partial charge in [-0.1, -0.05) is 35.4 Å². The average Bonchev–Trinajstić information content (AvgIpc) is 3.55. The highest BCUT2D eigenvalue weighted by Crippen LogP contribution is 2.42. The van der Waals surface area contributed by atoms with Crippen LogP contribution in [0, 0.1) is 13.8 Å². The first-order valence-electron chi connectivity index (χ1n) is 10.6. The number of fused-ring (bicyclic) bond motifs is 2. The fourth-order valence-electron chi connectivity index (χ4n) is 3.58. The molecular weight excluding hydrogens is 380 g/mol. The zero-order chi connectivity index (χ0) is 21.3. The lowest BCUT2D eigenvalue weighted by atomic mass is 9.98. The Hall–Kier alpha value is -2.34. The topological polar surface area (TPSA) is 60.5 Å². The van der Waals surface area contributed by atoms with Crippen LogP contribution in [0.2, 0.25) is 0 Å².